The van der Waals surface area contributed by atoms with Crippen molar-refractivity contribution >= 4 is 35.2 Å². The smallest absolute Gasteiger partial charge is 0.244 e. The summed E-state index contributed by atoms with van der Waals surface area (Å²) in [6.07, 6.45) is 1.39. The predicted molar refractivity (Wildman–Crippen MR) is 157 cm³/mol. The first-order chi connectivity index (χ1) is 19.9. The molecular weight excluding hydrogens is 540 g/mol. The second-order valence-corrected chi connectivity index (χ2v) is 13.6. The Balaban J connectivity index is 1.33. The van der Waals surface area contributed by atoms with Crippen molar-refractivity contribution < 1.29 is 24.2 Å². The van der Waals surface area contributed by atoms with Gasteiger partial charge in [-0.3, -0.25) is 19.3 Å². The third kappa shape index (κ3) is 4.94. The fourth-order valence-electron chi connectivity index (χ4n) is 7.43. The molecule has 2 unspecified atom stereocenters. The Morgan fingerprint density at radius 2 is 1.73 bits per heavy atom. The van der Waals surface area contributed by atoms with Crippen LogP contribution in [-0.2, 0) is 19.1 Å². The molecule has 0 aliphatic carbocycles. The number of anilines is 1. The Labute approximate surface area is 245 Å². The molecule has 10 heteroatoms. The number of benzene rings is 2. The monoisotopic (exact) mass is 578 g/mol. The van der Waals surface area contributed by atoms with Crippen LogP contribution in [0.4, 0.5) is 5.69 Å². The van der Waals surface area contributed by atoms with Gasteiger partial charge in [0.05, 0.1) is 42.4 Å². The molecule has 4 aliphatic rings. The molecule has 4 heterocycles. The minimum atomic E-state index is -0.802. The Morgan fingerprint density at radius 1 is 1.05 bits per heavy atom. The van der Waals surface area contributed by atoms with Crippen molar-refractivity contribution in [2.75, 3.05) is 51.3 Å². The third-order valence-corrected chi connectivity index (χ3v) is 11.3. The van der Waals surface area contributed by atoms with Crippen molar-refractivity contribution in [3.63, 3.8) is 0 Å². The highest BCUT2D eigenvalue weighted by Crippen LogP contribution is 2.72. The number of morpholine rings is 1. The number of hydrogen-bond acceptors (Lipinski definition) is 7. The number of nitrogens with zero attached hydrogens (tertiary/aromatic N) is 2. The van der Waals surface area contributed by atoms with Crippen molar-refractivity contribution in [1.29, 1.82) is 0 Å². The third-order valence-electron chi connectivity index (χ3n) is 9.31. The number of carbonyl (C=O) groups is 3. The van der Waals surface area contributed by atoms with Gasteiger partial charge in [-0.2, -0.15) is 0 Å². The maximum atomic E-state index is 14.5. The Morgan fingerprint density at radius 3 is 2.41 bits per heavy atom. The van der Waals surface area contributed by atoms with Gasteiger partial charge in [0.15, 0.2) is 0 Å². The molecule has 6 rings (SSSR count). The number of carbonyl (C=O) groups excluding carboxylic acids is 3. The lowest BCUT2D eigenvalue weighted by Crippen LogP contribution is -2.55. The van der Waals surface area contributed by atoms with E-state index in [0.29, 0.717) is 38.4 Å². The van der Waals surface area contributed by atoms with E-state index in [1.165, 1.54) is 0 Å². The fourth-order valence-corrected chi connectivity index (χ4v) is 9.77. The molecule has 1 spiro atoms. The normalized spacial score (nSPS) is 31.6. The predicted octanol–water partition coefficient (Wildman–Crippen LogP) is 2.29. The van der Waals surface area contributed by atoms with Crippen LogP contribution >= 0.6 is 11.8 Å². The molecule has 2 aromatic rings. The van der Waals surface area contributed by atoms with Crippen LogP contribution < -0.4 is 10.6 Å². The molecule has 2 bridgehead atoms. The molecule has 4 saturated heterocycles. The zero-order valence-corrected chi connectivity index (χ0v) is 24.1. The zero-order chi connectivity index (χ0) is 28.6. The van der Waals surface area contributed by atoms with E-state index in [-0.39, 0.29) is 24.3 Å². The maximum Gasteiger partial charge on any atom is 0.244 e. The molecule has 0 saturated carbocycles. The Hall–Kier alpha value is -2.92. The van der Waals surface area contributed by atoms with Gasteiger partial charge in [0.2, 0.25) is 17.7 Å². The highest BCUT2D eigenvalue weighted by molar-refractivity contribution is 8.02. The molecule has 6 atom stereocenters. The maximum absolute atomic E-state index is 14.5. The van der Waals surface area contributed by atoms with Gasteiger partial charge in [-0.1, -0.05) is 48.5 Å². The molecule has 3 amide bonds. The van der Waals surface area contributed by atoms with E-state index in [9.17, 15) is 19.5 Å². The molecule has 3 N–H and O–H groups in total. The van der Waals surface area contributed by atoms with Crippen molar-refractivity contribution in [1.82, 2.24) is 15.1 Å². The van der Waals surface area contributed by atoms with Crippen molar-refractivity contribution in [3.05, 3.63) is 66.2 Å². The van der Waals surface area contributed by atoms with E-state index in [4.69, 9.17) is 4.74 Å². The van der Waals surface area contributed by atoms with Crippen LogP contribution in [0, 0.1) is 11.8 Å². The summed E-state index contributed by atoms with van der Waals surface area (Å²) in [5.41, 5.74) is 1.45. The molecule has 2 aromatic carbocycles. The van der Waals surface area contributed by atoms with Gasteiger partial charge in [-0.05, 0) is 37.5 Å². The molecular formula is C31H38N4O5S. The van der Waals surface area contributed by atoms with Crippen LogP contribution in [0.3, 0.4) is 0 Å². The summed E-state index contributed by atoms with van der Waals surface area (Å²) < 4.78 is 4.21. The van der Waals surface area contributed by atoms with E-state index >= 15 is 0 Å². The molecule has 0 aromatic heterocycles. The summed E-state index contributed by atoms with van der Waals surface area (Å²) >= 11 is 1.63. The second-order valence-electron chi connectivity index (χ2n) is 11.7. The number of aliphatic hydroxyl groups is 1. The largest absolute Gasteiger partial charge is 0.394 e. The van der Waals surface area contributed by atoms with Crippen LogP contribution in [-0.4, -0.2) is 94.2 Å². The van der Waals surface area contributed by atoms with Gasteiger partial charge in [-0.15, -0.1) is 11.8 Å². The summed E-state index contributed by atoms with van der Waals surface area (Å²) in [4.78, 5) is 46.4. The molecule has 218 valence electrons. The van der Waals surface area contributed by atoms with Gasteiger partial charge in [0, 0.05) is 36.6 Å². The van der Waals surface area contributed by atoms with Crippen LogP contribution in [0.1, 0.15) is 31.4 Å². The van der Waals surface area contributed by atoms with E-state index in [1.54, 1.807) is 16.7 Å². The quantitative estimate of drug-likeness (QED) is 0.419. The molecule has 4 fully saturated rings. The van der Waals surface area contributed by atoms with Crippen LogP contribution in [0.2, 0.25) is 0 Å². The number of thioether (sulfide) groups is 1. The summed E-state index contributed by atoms with van der Waals surface area (Å²) in [5.74, 6) is -1.91. The number of amides is 3. The molecule has 9 nitrogen and oxygen atoms in total. The fraction of sp³-hybridized carbons (Fsp3) is 0.516. The van der Waals surface area contributed by atoms with Gasteiger partial charge in [-0.25, -0.2) is 0 Å². The minimum Gasteiger partial charge on any atom is -0.394 e. The van der Waals surface area contributed by atoms with Crippen molar-refractivity contribution in [3.8, 4) is 0 Å². The van der Waals surface area contributed by atoms with E-state index in [2.05, 4.69) is 22.5 Å². The number of rotatable bonds is 9. The standard InChI is InChI=1S/C31H38N4O5S/c1-30-12-13-31(41-30)25(24(30)27(37)33-22-10-6-3-7-11-22)29(39)35(23(20-36)21-8-4-2-5-9-21)26(31)28(38)32-14-15-34-16-18-40-19-17-34/h2-11,23-26,36H,12-20H2,1H3,(H,32,38)(H,33,37)/t23-,24-,25+,26?,30+,31?/m1/s1. The van der Waals surface area contributed by atoms with Gasteiger partial charge in [0.25, 0.3) is 0 Å². The number of hydrogen-bond donors (Lipinski definition) is 3. The summed E-state index contributed by atoms with van der Waals surface area (Å²) in [6, 6.07) is 17.2. The lowest BCUT2D eigenvalue weighted by Gasteiger charge is -2.37. The lowest BCUT2D eigenvalue weighted by molar-refractivity contribution is -0.142. The SMILES string of the molecule is C[C@@]12CCC3(S1)C(C(=O)NCCN1CCOCC1)N([C@H](CO)c1ccccc1)C(=O)[C@@H]3[C@@H]2C(=O)Nc1ccccc1. The highest BCUT2D eigenvalue weighted by atomic mass is 32.2. The summed E-state index contributed by atoms with van der Waals surface area (Å²) in [7, 11) is 0. The second kappa shape index (κ2) is 11.4. The van der Waals surface area contributed by atoms with Gasteiger partial charge >= 0.3 is 0 Å². The van der Waals surface area contributed by atoms with Crippen LogP contribution in [0.15, 0.2) is 60.7 Å². The van der Waals surface area contributed by atoms with Gasteiger partial charge < -0.3 is 25.4 Å². The number of likely N-dealkylation sites (tertiary alicyclic amines) is 1. The number of aliphatic hydroxyl groups excluding tert-OH is 1. The van der Waals surface area contributed by atoms with Crippen LogP contribution in [0.5, 0.6) is 0 Å². The first-order valence-electron chi connectivity index (χ1n) is 14.5. The first kappa shape index (κ1) is 28.2. The Kier molecular flexibility index (Phi) is 7.84. The zero-order valence-electron chi connectivity index (χ0n) is 23.3. The van der Waals surface area contributed by atoms with Gasteiger partial charge in [0.1, 0.15) is 6.04 Å². The molecule has 4 aliphatic heterocycles. The minimum absolute atomic E-state index is 0.195. The lowest BCUT2D eigenvalue weighted by atomic mass is 9.66. The van der Waals surface area contributed by atoms with E-state index < -0.39 is 33.4 Å². The number of fused-ring (bicyclic) bond motifs is 1. The average Bonchev–Trinajstić information content (AvgIpc) is 3.56. The van der Waals surface area contributed by atoms with Crippen molar-refractivity contribution in [2.24, 2.45) is 11.8 Å². The summed E-state index contributed by atoms with van der Waals surface area (Å²) in [5, 5.41) is 16.8. The van der Waals surface area contributed by atoms with E-state index in [1.807, 2.05) is 60.7 Å². The topological polar surface area (TPSA) is 111 Å². The highest BCUT2D eigenvalue weighted by Gasteiger charge is 2.77. The first-order valence-corrected chi connectivity index (χ1v) is 15.3. The number of ether oxygens (including phenoxy) is 1. The Bertz CT molecular complexity index is 1280. The molecule has 0 radical (unpaired) electrons. The van der Waals surface area contributed by atoms with E-state index in [0.717, 1.165) is 25.1 Å². The average molecular weight is 579 g/mol. The number of para-hydroxylation sites is 1. The van der Waals surface area contributed by atoms with Crippen LogP contribution in [0.25, 0.3) is 0 Å². The summed E-state index contributed by atoms with van der Waals surface area (Å²) in [6.45, 7) is 5.89. The van der Waals surface area contributed by atoms with Crippen molar-refractivity contribution in [2.45, 2.75) is 41.3 Å². The molecule has 41 heavy (non-hydrogen) atoms. The number of nitrogens with one attached hydrogen (secondary N) is 2.